The largest absolute Gasteiger partial charge is 0.480 e. The molecule has 72 valence electrons. The Kier molecular flexibility index (Phi) is 3.71. The summed E-state index contributed by atoms with van der Waals surface area (Å²) < 4.78 is 4.75. The number of hydrogen-bond donors (Lipinski definition) is 2. The van der Waals surface area contributed by atoms with Crippen LogP contribution >= 0.6 is 11.8 Å². The molecular formula is C6H9N3O3S. The molecule has 13 heavy (non-hydrogen) atoms. The summed E-state index contributed by atoms with van der Waals surface area (Å²) in [6, 6.07) is 0. The van der Waals surface area contributed by atoms with Gasteiger partial charge in [0.1, 0.15) is 11.6 Å². The van der Waals surface area contributed by atoms with Crippen LogP contribution in [0.15, 0.2) is 11.5 Å². The van der Waals surface area contributed by atoms with Crippen molar-refractivity contribution in [2.45, 2.75) is 10.4 Å². The van der Waals surface area contributed by atoms with Crippen molar-refractivity contribution in [2.24, 2.45) is 0 Å². The minimum atomic E-state index is -0.928. The van der Waals surface area contributed by atoms with Crippen molar-refractivity contribution in [3.63, 3.8) is 0 Å². The Morgan fingerprint density at radius 2 is 2.69 bits per heavy atom. The van der Waals surface area contributed by atoms with Gasteiger partial charge in [-0.25, -0.2) is 4.98 Å². The molecule has 1 unspecified atom stereocenters. The molecule has 0 fully saturated rings. The van der Waals surface area contributed by atoms with Gasteiger partial charge in [0.2, 0.25) is 0 Å². The van der Waals surface area contributed by atoms with Crippen LogP contribution in [0.4, 0.5) is 0 Å². The average Bonchev–Trinajstić information content (AvgIpc) is 2.56. The summed E-state index contributed by atoms with van der Waals surface area (Å²) >= 11 is 1.07. The molecule has 0 aliphatic rings. The van der Waals surface area contributed by atoms with E-state index in [1.807, 2.05) is 0 Å². The van der Waals surface area contributed by atoms with Crippen LogP contribution in [0.5, 0.6) is 0 Å². The van der Waals surface area contributed by atoms with E-state index in [-0.39, 0.29) is 6.61 Å². The maximum Gasteiger partial charge on any atom is 0.319 e. The van der Waals surface area contributed by atoms with E-state index in [1.54, 1.807) is 0 Å². The number of rotatable bonds is 5. The number of carboxylic acid groups (broad SMARTS) is 1. The maximum absolute atomic E-state index is 10.7. The molecule has 1 rings (SSSR count). The predicted molar refractivity (Wildman–Crippen MR) is 45.5 cm³/mol. The molecule has 0 aliphatic carbocycles. The minimum absolute atomic E-state index is 0.140. The quantitative estimate of drug-likeness (QED) is 0.655. The highest BCUT2D eigenvalue weighted by atomic mass is 32.2. The second-order valence-corrected chi connectivity index (χ2v) is 3.38. The lowest BCUT2D eigenvalue weighted by Crippen LogP contribution is -2.21. The summed E-state index contributed by atoms with van der Waals surface area (Å²) in [5.74, 6) is -0.928. The highest BCUT2D eigenvalue weighted by molar-refractivity contribution is 8.00. The summed E-state index contributed by atoms with van der Waals surface area (Å²) in [6.07, 6.45) is 1.33. The average molecular weight is 203 g/mol. The fourth-order valence-electron chi connectivity index (χ4n) is 0.693. The van der Waals surface area contributed by atoms with Gasteiger partial charge in [0.05, 0.1) is 6.61 Å². The normalized spacial score (nSPS) is 12.7. The zero-order valence-corrected chi connectivity index (χ0v) is 7.74. The fourth-order valence-corrected chi connectivity index (χ4v) is 1.48. The Balaban J connectivity index is 2.52. The first-order valence-electron chi connectivity index (χ1n) is 3.48. The van der Waals surface area contributed by atoms with Gasteiger partial charge in [-0.2, -0.15) is 5.10 Å². The summed E-state index contributed by atoms with van der Waals surface area (Å²) in [4.78, 5) is 14.5. The van der Waals surface area contributed by atoms with E-state index in [2.05, 4.69) is 15.2 Å². The Morgan fingerprint density at radius 1 is 1.92 bits per heavy atom. The Bertz CT molecular complexity index is 264. The van der Waals surface area contributed by atoms with Gasteiger partial charge in [-0.3, -0.25) is 9.89 Å². The smallest absolute Gasteiger partial charge is 0.319 e. The number of aromatic amines is 1. The molecule has 1 aromatic heterocycles. The second-order valence-electron chi connectivity index (χ2n) is 2.19. The van der Waals surface area contributed by atoms with Gasteiger partial charge in [-0.05, 0) is 0 Å². The first kappa shape index (κ1) is 10.0. The van der Waals surface area contributed by atoms with Gasteiger partial charge >= 0.3 is 5.97 Å². The molecule has 0 spiro atoms. The van der Waals surface area contributed by atoms with Gasteiger partial charge in [0.15, 0.2) is 5.16 Å². The number of carbonyl (C=O) groups is 1. The molecule has 0 amide bonds. The van der Waals surface area contributed by atoms with Crippen molar-refractivity contribution in [1.82, 2.24) is 15.2 Å². The monoisotopic (exact) mass is 203 g/mol. The van der Waals surface area contributed by atoms with Crippen molar-refractivity contribution in [3.8, 4) is 0 Å². The van der Waals surface area contributed by atoms with Crippen LogP contribution in [-0.2, 0) is 9.53 Å². The summed E-state index contributed by atoms with van der Waals surface area (Å²) in [6.45, 7) is 0.140. The molecule has 0 aliphatic heterocycles. The van der Waals surface area contributed by atoms with Crippen molar-refractivity contribution >= 4 is 17.7 Å². The number of carboxylic acids is 1. The molecule has 0 saturated heterocycles. The van der Waals surface area contributed by atoms with E-state index in [0.29, 0.717) is 5.16 Å². The molecule has 6 nitrogen and oxygen atoms in total. The third-order valence-corrected chi connectivity index (χ3v) is 2.28. The van der Waals surface area contributed by atoms with E-state index in [1.165, 1.54) is 13.4 Å². The first-order valence-corrected chi connectivity index (χ1v) is 4.35. The van der Waals surface area contributed by atoms with Crippen molar-refractivity contribution in [2.75, 3.05) is 13.7 Å². The number of thioether (sulfide) groups is 1. The van der Waals surface area contributed by atoms with Crippen LogP contribution < -0.4 is 0 Å². The molecule has 0 aromatic carbocycles. The summed E-state index contributed by atoms with van der Waals surface area (Å²) in [5, 5.41) is 14.7. The molecule has 1 atom stereocenters. The van der Waals surface area contributed by atoms with Gasteiger partial charge in [0, 0.05) is 7.11 Å². The lowest BCUT2D eigenvalue weighted by Gasteiger charge is -2.07. The first-order chi connectivity index (χ1) is 6.24. The van der Waals surface area contributed by atoms with Gasteiger partial charge in [-0.1, -0.05) is 11.8 Å². The molecule has 1 heterocycles. The fraction of sp³-hybridized carbons (Fsp3) is 0.500. The van der Waals surface area contributed by atoms with E-state index >= 15 is 0 Å². The minimum Gasteiger partial charge on any atom is -0.480 e. The van der Waals surface area contributed by atoms with Crippen molar-refractivity contribution in [3.05, 3.63) is 6.33 Å². The van der Waals surface area contributed by atoms with Crippen molar-refractivity contribution in [1.29, 1.82) is 0 Å². The summed E-state index contributed by atoms with van der Waals surface area (Å²) in [5.41, 5.74) is 0. The number of aromatic nitrogens is 3. The number of aliphatic carboxylic acids is 1. The predicted octanol–water partition coefficient (Wildman–Crippen LogP) is -0.00360. The van der Waals surface area contributed by atoms with Gasteiger partial charge in [0.25, 0.3) is 0 Å². The Morgan fingerprint density at radius 3 is 3.15 bits per heavy atom. The van der Waals surface area contributed by atoms with Crippen LogP contribution in [0, 0.1) is 0 Å². The van der Waals surface area contributed by atoms with E-state index in [9.17, 15) is 4.79 Å². The standard InChI is InChI=1S/C6H9N3O3S/c1-12-2-4(5(10)11)13-6-7-3-8-9-6/h3-4H,2H2,1H3,(H,10,11)(H,7,8,9). The van der Waals surface area contributed by atoms with Gasteiger partial charge < -0.3 is 9.84 Å². The lowest BCUT2D eigenvalue weighted by atomic mass is 10.5. The van der Waals surface area contributed by atoms with Gasteiger partial charge in [-0.15, -0.1) is 0 Å². The second kappa shape index (κ2) is 4.83. The van der Waals surface area contributed by atoms with E-state index in [0.717, 1.165) is 11.8 Å². The number of H-pyrrole nitrogens is 1. The van der Waals surface area contributed by atoms with E-state index in [4.69, 9.17) is 9.84 Å². The number of ether oxygens (including phenoxy) is 1. The zero-order chi connectivity index (χ0) is 9.68. The highest BCUT2D eigenvalue weighted by Gasteiger charge is 2.19. The third-order valence-electron chi connectivity index (χ3n) is 1.24. The number of methoxy groups -OCH3 is 1. The van der Waals surface area contributed by atoms with Crippen LogP contribution in [0.3, 0.4) is 0 Å². The Labute approximate surface area is 78.7 Å². The zero-order valence-electron chi connectivity index (χ0n) is 6.93. The molecule has 0 saturated carbocycles. The maximum atomic E-state index is 10.7. The molecule has 1 aromatic rings. The topological polar surface area (TPSA) is 88.1 Å². The summed E-state index contributed by atoms with van der Waals surface area (Å²) in [7, 11) is 1.46. The highest BCUT2D eigenvalue weighted by Crippen LogP contribution is 2.18. The van der Waals surface area contributed by atoms with Crippen LogP contribution in [-0.4, -0.2) is 45.2 Å². The third kappa shape index (κ3) is 3.03. The number of nitrogens with zero attached hydrogens (tertiary/aromatic N) is 2. The molecule has 7 heteroatoms. The molecule has 0 radical (unpaired) electrons. The van der Waals surface area contributed by atoms with Crippen LogP contribution in [0.1, 0.15) is 0 Å². The number of hydrogen-bond acceptors (Lipinski definition) is 5. The van der Waals surface area contributed by atoms with Crippen molar-refractivity contribution < 1.29 is 14.6 Å². The van der Waals surface area contributed by atoms with Crippen LogP contribution in [0.2, 0.25) is 0 Å². The molecular weight excluding hydrogens is 194 g/mol. The van der Waals surface area contributed by atoms with E-state index < -0.39 is 11.2 Å². The van der Waals surface area contributed by atoms with Crippen LogP contribution in [0.25, 0.3) is 0 Å². The SMILES string of the molecule is COCC(Sc1ncn[nH]1)C(=O)O. The Hall–Kier alpha value is -1.08. The lowest BCUT2D eigenvalue weighted by molar-refractivity contribution is -0.137. The molecule has 2 N–H and O–H groups in total. The molecule has 0 bridgehead atoms. The number of nitrogens with one attached hydrogen (secondary N) is 1.